The van der Waals surface area contributed by atoms with Gasteiger partial charge in [-0.25, -0.2) is 13.2 Å². The first-order valence-electron chi connectivity index (χ1n) is 9.08. The lowest BCUT2D eigenvalue weighted by Crippen LogP contribution is -2.47. The first-order chi connectivity index (χ1) is 13.2. The summed E-state index contributed by atoms with van der Waals surface area (Å²) in [6, 6.07) is 7.12. The predicted molar refractivity (Wildman–Crippen MR) is 103 cm³/mol. The number of sulfonamides is 1. The van der Waals surface area contributed by atoms with Crippen LogP contribution in [0.15, 0.2) is 24.3 Å². The molecule has 0 bridgehead atoms. The Hall–Kier alpha value is -2.33. The molecule has 0 aliphatic carbocycles. The SMILES string of the molecule is COc1cccc(CNC(=O)N2CCN(S(C)(=O)=O)C[C@]3(CNC(=O)C3)C2)c1. The van der Waals surface area contributed by atoms with Crippen molar-refractivity contribution in [1.82, 2.24) is 19.8 Å². The van der Waals surface area contributed by atoms with Crippen molar-refractivity contribution in [1.29, 1.82) is 0 Å². The summed E-state index contributed by atoms with van der Waals surface area (Å²) in [6.07, 6.45) is 1.36. The topological polar surface area (TPSA) is 108 Å². The van der Waals surface area contributed by atoms with Crippen LogP contribution in [0, 0.1) is 5.41 Å². The molecule has 1 aromatic rings. The number of rotatable bonds is 4. The molecule has 2 saturated heterocycles. The quantitative estimate of drug-likeness (QED) is 0.726. The largest absolute Gasteiger partial charge is 0.497 e. The number of ether oxygens (including phenoxy) is 1. The zero-order valence-electron chi connectivity index (χ0n) is 16.1. The van der Waals surface area contributed by atoms with E-state index >= 15 is 0 Å². The lowest BCUT2D eigenvalue weighted by molar-refractivity contribution is -0.119. The fourth-order valence-corrected chi connectivity index (χ4v) is 4.64. The molecule has 0 unspecified atom stereocenters. The third-order valence-corrected chi connectivity index (χ3v) is 6.44. The highest BCUT2D eigenvalue weighted by Crippen LogP contribution is 2.31. The number of urea groups is 1. The normalized spacial score (nSPS) is 23.4. The number of hydrogen-bond acceptors (Lipinski definition) is 5. The summed E-state index contributed by atoms with van der Waals surface area (Å²) in [7, 11) is -1.84. The molecule has 3 amide bonds. The summed E-state index contributed by atoms with van der Waals surface area (Å²) in [5.74, 6) is 0.590. The Labute approximate surface area is 165 Å². The molecule has 28 heavy (non-hydrogen) atoms. The molecule has 2 aliphatic rings. The first kappa shape index (κ1) is 20.4. The van der Waals surface area contributed by atoms with Gasteiger partial charge in [0.15, 0.2) is 0 Å². The molecule has 1 aromatic carbocycles. The van der Waals surface area contributed by atoms with Crippen LogP contribution in [0.2, 0.25) is 0 Å². The van der Waals surface area contributed by atoms with E-state index in [1.165, 1.54) is 4.31 Å². The van der Waals surface area contributed by atoms with Gasteiger partial charge >= 0.3 is 6.03 Å². The van der Waals surface area contributed by atoms with Crippen molar-refractivity contribution in [2.75, 3.05) is 46.1 Å². The molecule has 10 heteroatoms. The van der Waals surface area contributed by atoms with Crippen LogP contribution >= 0.6 is 0 Å². The van der Waals surface area contributed by atoms with E-state index in [0.29, 0.717) is 25.4 Å². The van der Waals surface area contributed by atoms with Crippen LogP contribution in [0.5, 0.6) is 5.75 Å². The molecule has 1 spiro atoms. The summed E-state index contributed by atoms with van der Waals surface area (Å²) in [5.41, 5.74) is 0.289. The Balaban J connectivity index is 1.71. The van der Waals surface area contributed by atoms with Crippen LogP contribution in [-0.2, 0) is 21.4 Å². The Morgan fingerprint density at radius 2 is 2.11 bits per heavy atom. The van der Waals surface area contributed by atoms with Crippen LogP contribution in [-0.4, -0.2) is 75.7 Å². The third-order valence-electron chi connectivity index (χ3n) is 5.19. The smallest absolute Gasteiger partial charge is 0.317 e. The van der Waals surface area contributed by atoms with Crippen LogP contribution in [0.25, 0.3) is 0 Å². The van der Waals surface area contributed by atoms with Gasteiger partial charge in [-0.15, -0.1) is 0 Å². The molecule has 1 atom stereocenters. The Morgan fingerprint density at radius 1 is 1.32 bits per heavy atom. The molecule has 2 heterocycles. The highest BCUT2D eigenvalue weighted by Gasteiger charge is 2.45. The van der Waals surface area contributed by atoms with Crippen molar-refractivity contribution in [2.45, 2.75) is 13.0 Å². The standard InChI is InChI=1S/C18H26N4O5S/c1-27-15-5-3-4-14(8-15)10-19-17(24)21-6-7-22(28(2,25)26)13-18(12-21)9-16(23)20-11-18/h3-5,8H,6-7,9-13H2,1-2H3,(H,19,24)(H,20,23)/t18-/m1/s1. The van der Waals surface area contributed by atoms with Crippen molar-refractivity contribution >= 4 is 22.0 Å². The van der Waals surface area contributed by atoms with Gasteiger partial charge in [0.1, 0.15) is 5.75 Å². The fraction of sp³-hybridized carbons (Fsp3) is 0.556. The van der Waals surface area contributed by atoms with E-state index in [2.05, 4.69) is 10.6 Å². The van der Waals surface area contributed by atoms with Gasteiger partial charge in [0.2, 0.25) is 15.9 Å². The number of methoxy groups -OCH3 is 1. The minimum atomic E-state index is -3.42. The lowest BCUT2D eigenvalue weighted by atomic mass is 9.86. The van der Waals surface area contributed by atoms with Gasteiger partial charge in [0.05, 0.1) is 13.4 Å². The van der Waals surface area contributed by atoms with E-state index < -0.39 is 15.4 Å². The number of carbonyl (C=O) groups excluding carboxylic acids is 2. The van der Waals surface area contributed by atoms with Crippen molar-refractivity contribution in [2.24, 2.45) is 5.41 Å². The number of nitrogens with zero attached hydrogens (tertiary/aromatic N) is 2. The van der Waals surface area contributed by atoms with E-state index in [1.807, 2.05) is 24.3 Å². The molecule has 2 N–H and O–H groups in total. The van der Waals surface area contributed by atoms with Gasteiger partial charge in [0, 0.05) is 51.1 Å². The van der Waals surface area contributed by atoms with Crippen LogP contribution in [0.4, 0.5) is 4.79 Å². The maximum Gasteiger partial charge on any atom is 0.317 e. The van der Waals surface area contributed by atoms with E-state index in [0.717, 1.165) is 11.8 Å². The average molecular weight is 410 g/mol. The maximum absolute atomic E-state index is 12.8. The molecular formula is C18H26N4O5S. The Kier molecular flexibility index (Phi) is 5.80. The van der Waals surface area contributed by atoms with Crippen LogP contribution < -0.4 is 15.4 Å². The number of hydrogen-bond donors (Lipinski definition) is 2. The maximum atomic E-state index is 12.8. The molecule has 0 saturated carbocycles. The van der Waals surface area contributed by atoms with Crippen molar-refractivity contribution in [3.63, 3.8) is 0 Å². The highest BCUT2D eigenvalue weighted by molar-refractivity contribution is 7.88. The summed E-state index contributed by atoms with van der Waals surface area (Å²) in [5, 5.41) is 5.65. The first-order valence-corrected chi connectivity index (χ1v) is 10.9. The second-order valence-corrected chi connectivity index (χ2v) is 9.46. The van der Waals surface area contributed by atoms with Crippen molar-refractivity contribution < 1.29 is 22.7 Å². The van der Waals surface area contributed by atoms with Crippen LogP contribution in [0.3, 0.4) is 0 Å². The average Bonchev–Trinajstić information content (AvgIpc) is 2.89. The molecular weight excluding hydrogens is 384 g/mol. The summed E-state index contributed by atoms with van der Waals surface area (Å²) < 4.78 is 30.7. The van der Waals surface area contributed by atoms with E-state index in [4.69, 9.17) is 4.74 Å². The summed E-state index contributed by atoms with van der Waals surface area (Å²) >= 11 is 0. The van der Waals surface area contributed by atoms with E-state index in [9.17, 15) is 18.0 Å². The van der Waals surface area contributed by atoms with Gasteiger partial charge in [-0.3, -0.25) is 4.79 Å². The van der Waals surface area contributed by atoms with Gasteiger partial charge in [-0.05, 0) is 17.7 Å². The second kappa shape index (κ2) is 7.96. The Morgan fingerprint density at radius 3 is 2.75 bits per heavy atom. The van der Waals surface area contributed by atoms with Crippen molar-refractivity contribution in [3.8, 4) is 5.75 Å². The molecule has 0 aromatic heterocycles. The molecule has 2 aliphatic heterocycles. The van der Waals surface area contributed by atoms with E-state index in [-0.39, 0.29) is 38.0 Å². The van der Waals surface area contributed by atoms with Gasteiger partial charge in [-0.1, -0.05) is 12.1 Å². The van der Waals surface area contributed by atoms with Gasteiger partial charge in [0.25, 0.3) is 0 Å². The Bertz CT molecular complexity index is 859. The van der Waals surface area contributed by atoms with Gasteiger partial charge < -0.3 is 20.3 Å². The summed E-state index contributed by atoms with van der Waals surface area (Å²) in [6.45, 7) is 1.71. The third kappa shape index (κ3) is 4.74. The van der Waals surface area contributed by atoms with E-state index in [1.54, 1.807) is 12.0 Å². The minimum absolute atomic E-state index is 0.118. The molecule has 154 valence electrons. The predicted octanol–water partition coefficient (Wildman–Crippen LogP) is -0.0117. The van der Waals surface area contributed by atoms with Crippen LogP contribution in [0.1, 0.15) is 12.0 Å². The summed E-state index contributed by atoms with van der Waals surface area (Å²) in [4.78, 5) is 26.2. The fourth-order valence-electron chi connectivity index (χ4n) is 3.72. The minimum Gasteiger partial charge on any atom is -0.497 e. The number of nitrogens with one attached hydrogen (secondary N) is 2. The highest BCUT2D eigenvalue weighted by atomic mass is 32.2. The van der Waals surface area contributed by atoms with Gasteiger partial charge in [-0.2, -0.15) is 4.31 Å². The monoisotopic (exact) mass is 410 g/mol. The lowest BCUT2D eigenvalue weighted by Gasteiger charge is -2.32. The molecule has 2 fully saturated rings. The molecule has 9 nitrogen and oxygen atoms in total. The number of amides is 3. The molecule has 0 radical (unpaired) electrons. The number of carbonyl (C=O) groups is 2. The molecule has 3 rings (SSSR count). The number of benzene rings is 1. The van der Waals surface area contributed by atoms with Crippen molar-refractivity contribution in [3.05, 3.63) is 29.8 Å². The zero-order chi connectivity index (χ0) is 20.4. The second-order valence-electron chi connectivity index (χ2n) is 7.48. The zero-order valence-corrected chi connectivity index (χ0v) is 16.9.